The number of hydrogen-bond acceptors (Lipinski definition) is 5. The zero-order chi connectivity index (χ0) is 11.2. The Hall–Kier alpha value is -1.36. The lowest BCUT2D eigenvalue weighted by molar-refractivity contribution is 0.0699. The van der Waals surface area contributed by atoms with Crippen LogP contribution < -0.4 is 10.6 Å². The highest BCUT2D eigenvalue weighted by molar-refractivity contribution is 5.40. The molecule has 0 aliphatic carbocycles. The van der Waals surface area contributed by atoms with Crippen LogP contribution in [0.25, 0.3) is 0 Å². The average Bonchev–Trinajstić information content (AvgIpc) is 2.38. The molecule has 1 fully saturated rings. The van der Waals surface area contributed by atoms with Crippen molar-refractivity contribution in [3.63, 3.8) is 0 Å². The number of rotatable bonds is 4. The SMILES string of the molecule is CNc1cncc(NCC2CCOCC2)n1. The fourth-order valence-corrected chi connectivity index (χ4v) is 1.77. The van der Waals surface area contributed by atoms with Crippen molar-refractivity contribution in [3.8, 4) is 0 Å². The maximum Gasteiger partial charge on any atom is 0.146 e. The first-order valence-corrected chi connectivity index (χ1v) is 5.70. The van der Waals surface area contributed by atoms with E-state index in [2.05, 4.69) is 20.6 Å². The summed E-state index contributed by atoms with van der Waals surface area (Å²) < 4.78 is 5.32. The molecule has 5 heteroatoms. The number of nitrogens with one attached hydrogen (secondary N) is 2. The number of hydrogen-bond donors (Lipinski definition) is 2. The fourth-order valence-electron chi connectivity index (χ4n) is 1.77. The van der Waals surface area contributed by atoms with Crippen LogP contribution in [-0.2, 0) is 4.74 Å². The second-order valence-corrected chi connectivity index (χ2v) is 3.98. The standard InChI is InChI=1S/C11H18N4O/c1-12-10-7-13-8-11(15-10)14-6-9-2-4-16-5-3-9/h7-9H,2-6H2,1H3,(H2,12,14,15). The van der Waals surface area contributed by atoms with Crippen molar-refractivity contribution >= 4 is 11.6 Å². The molecule has 16 heavy (non-hydrogen) atoms. The number of nitrogens with zero attached hydrogens (tertiary/aromatic N) is 2. The second-order valence-electron chi connectivity index (χ2n) is 3.98. The third kappa shape index (κ3) is 3.06. The van der Waals surface area contributed by atoms with Crippen molar-refractivity contribution in [1.82, 2.24) is 9.97 Å². The second kappa shape index (κ2) is 5.65. The summed E-state index contributed by atoms with van der Waals surface area (Å²) in [7, 11) is 1.84. The molecule has 0 unspecified atom stereocenters. The highest BCUT2D eigenvalue weighted by Crippen LogP contribution is 2.15. The molecule has 1 aromatic rings. The summed E-state index contributed by atoms with van der Waals surface area (Å²) in [6, 6.07) is 0. The predicted molar refractivity (Wildman–Crippen MR) is 63.6 cm³/mol. The summed E-state index contributed by atoms with van der Waals surface area (Å²) in [5.41, 5.74) is 0. The first kappa shape index (κ1) is 11.1. The molecule has 1 aliphatic heterocycles. The predicted octanol–water partition coefficient (Wildman–Crippen LogP) is 1.36. The Morgan fingerprint density at radius 1 is 1.31 bits per heavy atom. The minimum atomic E-state index is 0.689. The van der Waals surface area contributed by atoms with Crippen molar-refractivity contribution in [2.45, 2.75) is 12.8 Å². The van der Waals surface area contributed by atoms with Gasteiger partial charge in [0, 0.05) is 26.8 Å². The van der Waals surface area contributed by atoms with Crippen molar-refractivity contribution in [3.05, 3.63) is 12.4 Å². The van der Waals surface area contributed by atoms with Gasteiger partial charge in [0.25, 0.3) is 0 Å². The van der Waals surface area contributed by atoms with Gasteiger partial charge in [0.1, 0.15) is 11.6 Å². The molecule has 2 N–H and O–H groups in total. The van der Waals surface area contributed by atoms with Crippen LogP contribution in [0.5, 0.6) is 0 Å². The number of ether oxygens (including phenoxy) is 1. The van der Waals surface area contributed by atoms with Crippen molar-refractivity contribution in [2.24, 2.45) is 5.92 Å². The van der Waals surface area contributed by atoms with E-state index in [1.54, 1.807) is 12.4 Å². The van der Waals surface area contributed by atoms with E-state index in [-0.39, 0.29) is 0 Å². The highest BCUT2D eigenvalue weighted by Gasteiger charge is 2.13. The Balaban J connectivity index is 1.83. The fraction of sp³-hybridized carbons (Fsp3) is 0.636. The van der Waals surface area contributed by atoms with Crippen LogP contribution in [0.2, 0.25) is 0 Å². The molecule has 0 aromatic carbocycles. The van der Waals surface area contributed by atoms with Gasteiger partial charge in [0.15, 0.2) is 0 Å². The molecule has 0 saturated carbocycles. The van der Waals surface area contributed by atoms with Gasteiger partial charge in [0.05, 0.1) is 12.4 Å². The maximum atomic E-state index is 5.32. The summed E-state index contributed by atoms with van der Waals surface area (Å²) >= 11 is 0. The summed E-state index contributed by atoms with van der Waals surface area (Å²) in [5.74, 6) is 2.31. The van der Waals surface area contributed by atoms with E-state index in [1.807, 2.05) is 7.05 Å². The molecule has 1 aromatic heterocycles. The number of aromatic nitrogens is 2. The van der Waals surface area contributed by atoms with E-state index >= 15 is 0 Å². The summed E-state index contributed by atoms with van der Waals surface area (Å²) in [6.07, 6.45) is 5.72. The van der Waals surface area contributed by atoms with Crippen LogP contribution >= 0.6 is 0 Å². The zero-order valence-corrected chi connectivity index (χ0v) is 9.57. The minimum absolute atomic E-state index is 0.689. The van der Waals surface area contributed by atoms with E-state index in [9.17, 15) is 0 Å². The van der Waals surface area contributed by atoms with Gasteiger partial charge in [-0.25, -0.2) is 4.98 Å². The van der Waals surface area contributed by atoms with Gasteiger partial charge in [-0.3, -0.25) is 4.98 Å². The van der Waals surface area contributed by atoms with Crippen LogP contribution in [0.1, 0.15) is 12.8 Å². The molecular weight excluding hydrogens is 204 g/mol. The van der Waals surface area contributed by atoms with Gasteiger partial charge < -0.3 is 15.4 Å². The Morgan fingerprint density at radius 3 is 2.81 bits per heavy atom. The Kier molecular flexibility index (Phi) is 3.93. The molecule has 0 amide bonds. The van der Waals surface area contributed by atoms with Crippen LogP contribution in [0.15, 0.2) is 12.4 Å². The molecule has 5 nitrogen and oxygen atoms in total. The first-order valence-electron chi connectivity index (χ1n) is 5.70. The molecule has 0 spiro atoms. The topological polar surface area (TPSA) is 59.1 Å². The van der Waals surface area contributed by atoms with E-state index in [4.69, 9.17) is 4.74 Å². The summed E-state index contributed by atoms with van der Waals surface area (Å²) in [4.78, 5) is 8.47. The quantitative estimate of drug-likeness (QED) is 0.805. The molecule has 0 atom stereocenters. The highest BCUT2D eigenvalue weighted by atomic mass is 16.5. The van der Waals surface area contributed by atoms with Crippen molar-refractivity contribution < 1.29 is 4.74 Å². The van der Waals surface area contributed by atoms with Crippen LogP contribution in [0.4, 0.5) is 11.6 Å². The first-order chi connectivity index (χ1) is 7.88. The lowest BCUT2D eigenvalue weighted by atomic mass is 10.0. The largest absolute Gasteiger partial charge is 0.381 e. The molecular formula is C11H18N4O. The average molecular weight is 222 g/mol. The van der Waals surface area contributed by atoms with Crippen LogP contribution in [0.3, 0.4) is 0 Å². The molecule has 88 valence electrons. The third-order valence-electron chi connectivity index (χ3n) is 2.80. The van der Waals surface area contributed by atoms with Crippen LogP contribution in [-0.4, -0.2) is 36.8 Å². The lowest BCUT2D eigenvalue weighted by Gasteiger charge is -2.22. The van der Waals surface area contributed by atoms with Gasteiger partial charge in [-0.1, -0.05) is 0 Å². The normalized spacial score (nSPS) is 17.1. The van der Waals surface area contributed by atoms with Gasteiger partial charge in [-0.2, -0.15) is 0 Å². The molecule has 0 radical (unpaired) electrons. The van der Waals surface area contributed by atoms with Gasteiger partial charge in [0.2, 0.25) is 0 Å². The lowest BCUT2D eigenvalue weighted by Crippen LogP contribution is -2.23. The van der Waals surface area contributed by atoms with E-state index in [0.717, 1.165) is 44.2 Å². The van der Waals surface area contributed by atoms with Crippen molar-refractivity contribution in [2.75, 3.05) is 37.4 Å². The van der Waals surface area contributed by atoms with Gasteiger partial charge in [-0.15, -0.1) is 0 Å². The molecule has 2 heterocycles. The Morgan fingerprint density at radius 2 is 2.06 bits per heavy atom. The summed E-state index contributed by atoms with van der Waals surface area (Å²) in [6.45, 7) is 2.72. The molecule has 1 saturated heterocycles. The Labute approximate surface area is 95.6 Å². The van der Waals surface area contributed by atoms with E-state index in [0.29, 0.717) is 5.92 Å². The number of anilines is 2. The van der Waals surface area contributed by atoms with Gasteiger partial charge >= 0.3 is 0 Å². The maximum absolute atomic E-state index is 5.32. The molecule has 0 bridgehead atoms. The summed E-state index contributed by atoms with van der Waals surface area (Å²) in [5, 5.41) is 6.29. The van der Waals surface area contributed by atoms with Crippen LogP contribution in [0, 0.1) is 5.92 Å². The zero-order valence-electron chi connectivity index (χ0n) is 9.57. The Bertz CT molecular complexity index is 326. The third-order valence-corrected chi connectivity index (χ3v) is 2.80. The smallest absolute Gasteiger partial charge is 0.146 e. The molecule has 2 rings (SSSR count). The molecule has 1 aliphatic rings. The van der Waals surface area contributed by atoms with E-state index in [1.165, 1.54) is 0 Å². The minimum Gasteiger partial charge on any atom is -0.381 e. The van der Waals surface area contributed by atoms with Gasteiger partial charge in [-0.05, 0) is 18.8 Å². The van der Waals surface area contributed by atoms with E-state index < -0.39 is 0 Å². The monoisotopic (exact) mass is 222 g/mol. The van der Waals surface area contributed by atoms with Crippen molar-refractivity contribution in [1.29, 1.82) is 0 Å².